The van der Waals surface area contributed by atoms with Gasteiger partial charge in [0.1, 0.15) is 13.2 Å². The number of quaternary nitrogens is 1. The fraction of sp³-hybridized carbons (Fsp3) is 0.698. The van der Waals surface area contributed by atoms with E-state index in [-0.39, 0.29) is 19.1 Å². The third kappa shape index (κ3) is 54.9. The highest BCUT2D eigenvalue weighted by Crippen LogP contribution is 2.38. The molecular weight excluding hydrogens is 912 g/mol. The fourth-order valence-corrected chi connectivity index (χ4v) is 8.66. The molecule has 0 aromatic rings. The molecule has 3 atom stereocenters. The number of phosphoric acid groups is 1. The Kier molecular flexibility index (Phi) is 50.9. The molecule has 0 aromatic carbocycles. The van der Waals surface area contributed by atoms with E-state index in [1.165, 1.54) is 116 Å². The van der Waals surface area contributed by atoms with Crippen LogP contribution in [0.5, 0.6) is 0 Å². The number of carbonyl (C=O) groups excluding carboxylic acids is 1. The average Bonchev–Trinajstić information content (AvgIpc) is 3.34. The lowest BCUT2D eigenvalue weighted by atomic mass is 10.0. The highest BCUT2D eigenvalue weighted by atomic mass is 31.2. The number of unbranched alkanes of at least 4 members (excludes halogenated alkanes) is 23. The molecule has 3 unspecified atom stereocenters. The maximum Gasteiger partial charge on any atom is 0.268 e. The van der Waals surface area contributed by atoms with Gasteiger partial charge in [0.25, 0.3) is 7.82 Å². The van der Waals surface area contributed by atoms with E-state index < -0.39 is 20.0 Å². The molecule has 72 heavy (non-hydrogen) atoms. The number of rotatable bonds is 52. The summed E-state index contributed by atoms with van der Waals surface area (Å²) in [5.74, 6) is -0.206. The quantitative estimate of drug-likeness (QED) is 0.0272. The second-order valence-electron chi connectivity index (χ2n) is 20.6. The van der Waals surface area contributed by atoms with Gasteiger partial charge in [-0.15, -0.1) is 0 Å². The minimum Gasteiger partial charge on any atom is -0.756 e. The molecule has 0 bridgehead atoms. The lowest BCUT2D eigenvalue weighted by molar-refractivity contribution is -0.870. The number of nitrogens with one attached hydrogen (secondary N) is 1. The second kappa shape index (κ2) is 53.0. The maximum atomic E-state index is 13.0. The smallest absolute Gasteiger partial charge is 0.268 e. The van der Waals surface area contributed by atoms with E-state index in [0.717, 1.165) is 96.3 Å². The highest BCUT2D eigenvalue weighted by Gasteiger charge is 2.23. The van der Waals surface area contributed by atoms with E-state index in [9.17, 15) is 19.4 Å². The van der Waals surface area contributed by atoms with Crippen LogP contribution in [0.25, 0.3) is 0 Å². The van der Waals surface area contributed by atoms with Gasteiger partial charge in [-0.2, -0.15) is 0 Å². The molecule has 8 nitrogen and oxygen atoms in total. The summed E-state index contributed by atoms with van der Waals surface area (Å²) in [7, 11) is 1.25. The SMILES string of the molecule is CC/C=C\C/C=C\C/C=C\C/C=C\C/C=C\C/C=C\C/C=C\C/C=C\CCCCCCCCCCCCC(=O)NC(COP(=O)([O-])OCC[N+](C)(C)C)C(O)/C=C/CCCCCCCCCCCCCCC. The van der Waals surface area contributed by atoms with Gasteiger partial charge in [0.05, 0.1) is 39.9 Å². The average molecular weight is 1020 g/mol. The number of hydrogen-bond donors (Lipinski definition) is 2. The fourth-order valence-electron chi connectivity index (χ4n) is 7.93. The molecule has 0 aliphatic rings. The Labute approximate surface area is 444 Å². The van der Waals surface area contributed by atoms with Crippen LogP contribution in [0.4, 0.5) is 0 Å². The Morgan fingerprint density at radius 1 is 0.500 bits per heavy atom. The molecule has 0 fully saturated rings. The molecular formula is C63H111N2O6P. The summed E-state index contributed by atoms with van der Waals surface area (Å²) >= 11 is 0. The van der Waals surface area contributed by atoms with Crippen LogP contribution >= 0.6 is 7.82 Å². The minimum absolute atomic E-state index is 0.00646. The molecule has 414 valence electrons. The first-order chi connectivity index (χ1) is 35.0. The number of aliphatic hydroxyl groups is 1. The molecule has 0 rings (SSSR count). The topological polar surface area (TPSA) is 108 Å². The predicted molar refractivity (Wildman–Crippen MR) is 311 cm³/mol. The Morgan fingerprint density at radius 3 is 1.24 bits per heavy atom. The van der Waals surface area contributed by atoms with Crippen LogP contribution in [-0.4, -0.2) is 68.5 Å². The Bertz CT molecular complexity index is 1540. The zero-order valence-corrected chi connectivity index (χ0v) is 48.0. The van der Waals surface area contributed by atoms with E-state index in [4.69, 9.17) is 9.05 Å². The molecule has 0 aromatic heterocycles. The first-order valence-electron chi connectivity index (χ1n) is 29.2. The van der Waals surface area contributed by atoms with E-state index in [1.54, 1.807) is 6.08 Å². The number of nitrogens with zero attached hydrogens (tertiary/aromatic N) is 1. The highest BCUT2D eigenvalue weighted by molar-refractivity contribution is 7.45. The van der Waals surface area contributed by atoms with E-state index in [1.807, 2.05) is 27.2 Å². The Morgan fingerprint density at radius 2 is 0.847 bits per heavy atom. The lowest BCUT2D eigenvalue weighted by Crippen LogP contribution is -2.45. The monoisotopic (exact) mass is 1020 g/mol. The Balaban J connectivity index is 4.15. The number of carbonyl (C=O) groups is 1. The van der Waals surface area contributed by atoms with Gasteiger partial charge < -0.3 is 28.8 Å². The third-order valence-corrected chi connectivity index (χ3v) is 13.5. The van der Waals surface area contributed by atoms with Gasteiger partial charge in [0, 0.05) is 6.42 Å². The standard InChI is InChI=1S/C63H111N2O6P/c1-6-8-10-12-14-16-18-20-22-23-24-25-26-27-28-29-30-31-32-33-34-35-36-37-38-39-40-41-43-45-47-49-51-53-55-57-63(67)64-61(60-71-72(68,69)70-59-58-65(3,4)5)62(66)56-54-52-50-48-46-44-42-21-19-17-15-13-11-9-7-2/h8,10,14,16,20,22,24-25,27-28,30-31,33-34,36-37,54,56,61-62,66H,6-7,9,11-13,15,17-19,21,23,26,29,32,35,38-53,55,57-60H2,1-5H3,(H-,64,67,68,69)/b10-8-,16-14-,22-20-,25-24-,28-27-,31-30-,34-33-,37-36-,56-54+. The van der Waals surface area contributed by atoms with Crippen molar-refractivity contribution in [3.05, 3.63) is 109 Å². The van der Waals surface area contributed by atoms with Gasteiger partial charge in [0.15, 0.2) is 0 Å². The molecule has 0 spiro atoms. The molecule has 1 amide bonds. The number of phosphoric ester groups is 1. The van der Waals surface area contributed by atoms with Crippen LogP contribution in [0.1, 0.15) is 232 Å². The number of amides is 1. The molecule has 0 saturated heterocycles. The van der Waals surface area contributed by atoms with Gasteiger partial charge in [-0.05, 0) is 83.5 Å². The molecule has 2 N–H and O–H groups in total. The van der Waals surface area contributed by atoms with Crippen molar-refractivity contribution in [2.45, 2.75) is 244 Å². The summed E-state index contributed by atoms with van der Waals surface area (Å²) in [4.78, 5) is 25.5. The molecule has 0 aliphatic carbocycles. The first kappa shape index (κ1) is 69.2. The van der Waals surface area contributed by atoms with E-state index >= 15 is 0 Å². The predicted octanol–water partition coefficient (Wildman–Crippen LogP) is 17.3. The van der Waals surface area contributed by atoms with Crippen molar-refractivity contribution in [3.63, 3.8) is 0 Å². The molecule has 0 radical (unpaired) electrons. The van der Waals surface area contributed by atoms with Crippen molar-refractivity contribution in [3.8, 4) is 0 Å². The summed E-state index contributed by atoms with van der Waals surface area (Å²) in [6.45, 7) is 4.52. The maximum absolute atomic E-state index is 13.0. The molecule has 0 saturated carbocycles. The van der Waals surface area contributed by atoms with Gasteiger partial charge in [-0.1, -0.05) is 252 Å². The third-order valence-electron chi connectivity index (χ3n) is 12.5. The number of allylic oxidation sites excluding steroid dienone is 17. The van der Waals surface area contributed by atoms with Crippen molar-refractivity contribution in [2.24, 2.45) is 0 Å². The van der Waals surface area contributed by atoms with Crippen molar-refractivity contribution in [1.82, 2.24) is 5.32 Å². The van der Waals surface area contributed by atoms with Crippen LogP contribution < -0.4 is 10.2 Å². The van der Waals surface area contributed by atoms with Gasteiger partial charge >= 0.3 is 0 Å². The van der Waals surface area contributed by atoms with Crippen LogP contribution in [-0.2, 0) is 18.4 Å². The zero-order valence-electron chi connectivity index (χ0n) is 47.1. The van der Waals surface area contributed by atoms with Gasteiger partial charge in [0.2, 0.25) is 5.91 Å². The summed E-state index contributed by atoms with van der Waals surface area (Å²) in [6, 6.07) is -0.895. The van der Waals surface area contributed by atoms with Crippen molar-refractivity contribution in [1.29, 1.82) is 0 Å². The molecule has 0 aliphatic heterocycles. The van der Waals surface area contributed by atoms with E-state index in [2.05, 4.69) is 116 Å². The summed E-state index contributed by atoms with van der Waals surface area (Å²) in [6.07, 6.45) is 77.3. The van der Waals surface area contributed by atoms with Crippen molar-refractivity contribution >= 4 is 13.7 Å². The van der Waals surface area contributed by atoms with Gasteiger partial charge in [-0.3, -0.25) is 9.36 Å². The van der Waals surface area contributed by atoms with E-state index in [0.29, 0.717) is 17.4 Å². The summed E-state index contributed by atoms with van der Waals surface area (Å²) in [5, 5.41) is 13.9. The van der Waals surface area contributed by atoms with Crippen LogP contribution in [0.3, 0.4) is 0 Å². The molecule has 0 heterocycles. The van der Waals surface area contributed by atoms with Gasteiger partial charge in [-0.25, -0.2) is 0 Å². The molecule has 9 heteroatoms. The largest absolute Gasteiger partial charge is 0.756 e. The van der Waals surface area contributed by atoms with Crippen LogP contribution in [0.2, 0.25) is 0 Å². The van der Waals surface area contributed by atoms with Crippen molar-refractivity contribution in [2.75, 3.05) is 40.9 Å². The normalized spacial score (nSPS) is 14.7. The Hall–Kier alpha value is -2.84. The number of hydrogen-bond acceptors (Lipinski definition) is 6. The minimum atomic E-state index is -4.60. The second-order valence-corrected chi connectivity index (χ2v) is 22.0. The van der Waals surface area contributed by atoms with Crippen molar-refractivity contribution < 1.29 is 32.9 Å². The lowest BCUT2D eigenvalue weighted by Gasteiger charge is -2.29. The number of likely N-dealkylation sites (N-methyl/N-ethyl adjacent to an activating group) is 1. The zero-order chi connectivity index (χ0) is 52.7. The summed E-state index contributed by atoms with van der Waals surface area (Å²) < 4.78 is 23.3. The summed E-state index contributed by atoms with van der Waals surface area (Å²) in [5.41, 5.74) is 0. The van der Waals surface area contributed by atoms with Crippen LogP contribution in [0, 0.1) is 0 Å². The first-order valence-corrected chi connectivity index (χ1v) is 30.7. The van der Waals surface area contributed by atoms with Crippen LogP contribution in [0.15, 0.2) is 109 Å². The number of aliphatic hydroxyl groups excluding tert-OH is 1.